The van der Waals surface area contributed by atoms with Crippen LogP contribution < -0.4 is 4.72 Å². The monoisotopic (exact) mass is 457 g/mol. The van der Waals surface area contributed by atoms with Gasteiger partial charge >= 0.3 is 0 Å². The number of aryl methyl sites for hydroxylation is 1. The van der Waals surface area contributed by atoms with E-state index in [1.54, 1.807) is 19.1 Å². The summed E-state index contributed by atoms with van der Waals surface area (Å²) in [5, 5.41) is -0.0879. The Morgan fingerprint density at radius 2 is 1.34 bits per heavy atom. The molecule has 0 radical (unpaired) electrons. The van der Waals surface area contributed by atoms with Crippen molar-refractivity contribution in [3.8, 4) is 0 Å². The molecule has 0 spiro atoms. The normalized spacial score (nSPS) is 12.8. The molecule has 3 N–H and O–H groups in total. The van der Waals surface area contributed by atoms with Crippen LogP contribution in [0.25, 0.3) is 10.8 Å². The molecule has 3 aromatic rings. The molecular weight excluding hydrogens is 442 g/mol. The lowest BCUT2D eigenvalue weighted by atomic mass is 10.1. The Morgan fingerprint density at radius 1 is 0.724 bits per heavy atom. The molecule has 9 nitrogen and oxygen atoms in total. The van der Waals surface area contributed by atoms with Gasteiger partial charge in [0.25, 0.3) is 30.3 Å². The summed E-state index contributed by atoms with van der Waals surface area (Å²) in [5.41, 5.74) is 0.852. The number of hydrogen-bond donors (Lipinski definition) is 3. The summed E-state index contributed by atoms with van der Waals surface area (Å²) >= 11 is 0. The highest BCUT2D eigenvalue weighted by Gasteiger charge is 2.21. The second kappa shape index (κ2) is 7.07. The van der Waals surface area contributed by atoms with Gasteiger partial charge < -0.3 is 0 Å². The van der Waals surface area contributed by atoms with Gasteiger partial charge in [-0.1, -0.05) is 23.8 Å². The molecular formula is C17H15NO8S3. The Kier molecular flexibility index (Phi) is 5.17. The molecule has 0 saturated carbocycles. The van der Waals surface area contributed by atoms with E-state index in [2.05, 4.69) is 4.72 Å². The Labute approximate surface area is 167 Å². The maximum absolute atomic E-state index is 12.5. The number of hydrogen-bond acceptors (Lipinski definition) is 6. The van der Waals surface area contributed by atoms with Crippen molar-refractivity contribution in [3.05, 3.63) is 60.2 Å². The predicted molar refractivity (Wildman–Crippen MR) is 106 cm³/mol. The van der Waals surface area contributed by atoms with E-state index in [0.29, 0.717) is 6.07 Å². The maximum atomic E-state index is 12.5. The van der Waals surface area contributed by atoms with Crippen molar-refractivity contribution in [3.63, 3.8) is 0 Å². The summed E-state index contributed by atoms with van der Waals surface area (Å²) in [5.74, 6) is 0. The third-order valence-corrected chi connectivity index (χ3v) is 7.17. The Hall–Kier alpha value is -2.51. The van der Waals surface area contributed by atoms with Crippen LogP contribution in [0.5, 0.6) is 0 Å². The van der Waals surface area contributed by atoms with Gasteiger partial charge in [-0.05, 0) is 48.7 Å². The van der Waals surface area contributed by atoms with Crippen molar-refractivity contribution in [1.29, 1.82) is 0 Å². The van der Waals surface area contributed by atoms with Crippen molar-refractivity contribution in [2.45, 2.75) is 21.6 Å². The van der Waals surface area contributed by atoms with Crippen molar-refractivity contribution in [1.82, 2.24) is 0 Å². The molecule has 0 amide bonds. The number of nitrogens with one attached hydrogen (secondary N) is 1. The second-order valence-corrected chi connectivity index (χ2v) is 10.7. The third kappa shape index (κ3) is 4.57. The van der Waals surface area contributed by atoms with Crippen LogP contribution in [-0.2, 0) is 30.3 Å². The van der Waals surface area contributed by atoms with Gasteiger partial charge in [-0.2, -0.15) is 16.8 Å². The van der Waals surface area contributed by atoms with Crippen LogP contribution in [0.1, 0.15) is 5.56 Å². The first-order chi connectivity index (χ1) is 13.3. The lowest BCUT2D eigenvalue weighted by Crippen LogP contribution is -2.13. The topological polar surface area (TPSA) is 155 Å². The average Bonchev–Trinajstić information content (AvgIpc) is 2.59. The van der Waals surface area contributed by atoms with E-state index < -0.39 is 40.1 Å². The van der Waals surface area contributed by atoms with Gasteiger partial charge in [0.15, 0.2) is 0 Å². The van der Waals surface area contributed by atoms with Crippen LogP contribution in [0.3, 0.4) is 0 Å². The summed E-state index contributed by atoms with van der Waals surface area (Å²) in [6.07, 6.45) is 0. The first-order valence-electron chi connectivity index (χ1n) is 7.90. The SMILES string of the molecule is Cc1ccc(S(=O)(=O)Nc2ccc3cc(S(=O)(=O)O)cc(S(=O)(=O)O)c3c2)cc1. The third-order valence-electron chi connectivity index (χ3n) is 4.05. The number of sulfonamides is 1. The molecule has 0 aliphatic heterocycles. The Balaban J connectivity index is 2.16. The van der Waals surface area contributed by atoms with Crippen LogP contribution in [0.4, 0.5) is 5.69 Å². The van der Waals surface area contributed by atoms with Crippen molar-refractivity contribution in [2.75, 3.05) is 4.72 Å². The lowest BCUT2D eigenvalue weighted by molar-refractivity contribution is 0.482. The minimum atomic E-state index is -4.88. The van der Waals surface area contributed by atoms with E-state index in [4.69, 9.17) is 0 Å². The zero-order valence-electron chi connectivity index (χ0n) is 14.8. The van der Waals surface area contributed by atoms with E-state index in [0.717, 1.165) is 17.7 Å². The number of anilines is 1. The molecule has 12 heteroatoms. The van der Waals surface area contributed by atoms with Crippen LogP contribution in [-0.4, -0.2) is 34.4 Å². The molecule has 154 valence electrons. The van der Waals surface area contributed by atoms with Gasteiger partial charge in [0.05, 0.1) is 9.79 Å². The number of rotatable bonds is 5. The van der Waals surface area contributed by atoms with Gasteiger partial charge in [0.1, 0.15) is 4.90 Å². The van der Waals surface area contributed by atoms with Gasteiger partial charge in [0.2, 0.25) is 0 Å². The highest BCUT2D eigenvalue weighted by Crippen LogP contribution is 2.30. The maximum Gasteiger partial charge on any atom is 0.295 e. The molecule has 0 atom stereocenters. The fourth-order valence-electron chi connectivity index (χ4n) is 2.65. The Morgan fingerprint density at radius 3 is 1.90 bits per heavy atom. The highest BCUT2D eigenvalue weighted by atomic mass is 32.2. The van der Waals surface area contributed by atoms with Crippen LogP contribution >= 0.6 is 0 Å². The van der Waals surface area contributed by atoms with E-state index in [9.17, 15) is 34.4 Å². The smallest absolute Gasteiger partial charge is 0.282 e. The Bertz CT molecular complexity index is 1430. The van der Waals surface area contributed by atoms with Crippen LogP contribution in [0.2, 0.25) is 0 Å². The molecule has 0 heterocycles. The highest BCUT2D eigenvalue weighted by molar-refractivity contribution is 7.92. The van der Waals surface area contributed by atoms with Gasteiger partial charge in [-0.3, -0.25) is 13.8 Å². The van der Waals surface area contributed by atoms with E-state index in [1.807, 2.05) is 0 Å². The zero-order valence-corrected chi connectivity index (χ0v) is 17.2. The molecule has 3 aromatic carbocycles. The van der Waals surface area contributed by atoms with Crippen LogP contribution in [0, 0.1) is 6.92 Å². The van der Waals surface area contributed by atoms with Crippen LogP contribution in [0.15, 0.2) is 69.3 Å². The fourth-order valence-corrected chi connectivity index (χ4v) is 5.05. The van der Waals surface area contributed by atoms with Gasteiger partial charge in [-0.15, -0.1) is 0 Å². The summed E-state index contributed by atoms with van der Waals surface area (Å²) in [6.45, 7) is 1.80. The molecule has 0 aliphatic carbocycles. The molecule has 0 aliphatic rings. The molecule has 3 rings (SSSR count). The molecule has 29 heavy (non-hydrogen) atoms. The largest absolute Gasteiger partial charge is 0.295 e. The van der Waals surface area contributed by atoms with Gasteiger partial charge in [-0.25, -0.2) is 8.42 Å². The van der Waals surface area contributed by atoms with Crippen molar-refractivity contribution < 1.29 is 34.4 Å². The van der Waals surface area contributed by atoms with E-state index in [1.165, 1.54) is 24.3 Å². The predicted octanol–water partition coefficient (Wildman–Crippen LogP) is 2.44. The second-order valence-electron chi connectivity index (χ2n) is 6.23. The first kappa shape index (κ1) is 21.2. The summed E-state index contributed by atoms with van der Waals surface area (Å²) < 4.78 is 92.2. The molecule has 0 aromatic heterocycles. The summed E-state index contributed by atoms with van der Waals surface area (Å²) in [7, 11) is -13.6. The van der Waals surface area contributed by atoms with Crippen molar-refractivity contribution >= 4 is 46.7 Å². The minimum absolute atomic E-state index is 0.0115. The average molecular weight is 458 g/mol. The molecule has 0 unspecified atom stereocenters. The lowest BCUT2D eigenvalue weighted by Gasteiger charge is -2.11. The zero-order chi connectivity index (χ0) is 21.6. The first-order valence-corrected chi connectivity index (χ1v) is 12.3. The quantitative estimate of drug-likeness (QED) is 0.493. The van der Waals surface area contributed by atoms with E-state index >= 15 is 0 Å². The van der Waals surface area contributed by atoms with Crippen molar-refractivity contribution in [2.24, 2.45) is 0 Å². The molecule has 0 fully saturated rings. The standard InChI is InChI=1S/C17H15NO8S3/c1-11-2-6-14(7-3-11)27(19,20)18-13-5-4-12-8-15(28(21,22)23)10-17(16(12)9-13)29(24,25)26/h2-10,18H,1H3,(H,21,22,23)(H,24,25,26). The number of benzene rings is 3. The summed E-state index contributed by atoms with van der Waals surface area (Å²) in [4.78, 5) is -1.54. The van der Waals surface area contributed by atoms with E-state index in [-0.39, 0.29) is 21.4 Å². The molecule has 0 saturated heterocycles. The fraction of sp³-hybridized carbons (Fsp3) is 0.0588. The van der Waals surface area contributed by atoms with Gasteiger partial charge in [0, 0.05) is 11.1 Å². The molecule has 0 bridgehead atoms. The number of fused-ring (bicyclic) bond motifs is 1. The summed E-state index contributed by atoms with van der Waals surface area (Å²) in [6, 6.07) is 11.3. The minimum Gasteiger partial charge on any atom is -0.282 e.